The summed E-state index contributed by atoms with van der Waals surface area (Å²) >= 11 is 16.3. The Balaban J connectivity index is 2.50. The van der Waals surface area contributed by atoms with E-state index in [-0.39, 0.29) is 6.61 Å². The highest BCUT2D eigenvalue weighted by atomic mass is 35.6. The number of halogens is 3. The van der Waals surface area contributed by atoms with Gasteiger partial charge in [0.1, 0.15) is 12.4 Å². The molecule has 1 aromatic rings. The molecule has 0 saturated heterocycles. The van der Waals surface area contributed by atoms with E-state index in [0.29, 0.717) is 0 Å². The van der Waals surface area contributed by atoms with E-state index in [1.165, 1.54) is 6.08 Å². The lowest BCUT2D eigenvalue weighted by Gasteiger charge is -2.09. The van der Waals surface area contributed by atoms with Crippen molar-refractivity contribution < 1.29 is 14.3 Å². The summed E-state index contributed by atoms with van der Waals surface area (Å²) in [6.45, 7) is -0.288. The molecule has 18 heavy (non-hydrogen) atoms. The van der Waals surface area contributed by atoms with E-state index in [4.69, 9.17) is 44.3 Å². The first-order chi connectivity index (χ1) is 8.40. The summed E-state index contributed by atoms with van der Waals surface area (Å²) in [7, 11) is 1.58. The van der Waals surface area contributed by atoms with E-state index in [0.717, 1.165) is 11.3 Å². The lowest BCUT2D eigenvalue weighted by Crippen LogP contribution is -2.15. The lowest BCUT2D eigenvalue weighted by molar-refractivity contribution is -0.137. The summed E-state index contributed by atoms with van der Waals surface area (Å²) in [5.74, 6) is 0.170. The molecule has 0 unspecified atom stereocenters. The van der Waals surface area contributed by atoms with Crippen LogP contribution >= 0.6 is 34.8 Å². The summed E-state index contributed by atoms with van der Waals surface area (Å²) in [5.41, 5.74) is 0.835. The minimum atomic E-state index is -1.59. The van der Waals surface area contributed by atoms with Gasteiger partial charge in [0.05, 0.1) is 7.11 Å². The Bertz CT molecular complexity index is 421. The van der Waals surface area contributed by atoms with Crippen molar-refractivity contribution in [3.8, 4) is 5.75 Å². The van der Waals surface area contributed by atoms with Crippen molar-refractivity contribution in [2.24, 2.45) is 0 Å². The Labute approximate surface area is 120 Å². The largest absolute Gasteiger partial charge is 0.497 e. The SMILES string of the molecule is COc1ccc(/C=C/C(=O)OCC(Cl)(Cl)Cl)cc1. The Kier molecular flexibility index (Phi) is 5.79. The zero-order chi connectivity index (χ0) is 13.6. The molecule has 0 amide bonds. The molecule has 0 aliphatic carbocycles. The normalized spacial score (nSPS) is 11.6. The molecule has 0 N–H and O–H groups in total. The molecule has 0 bridgehead atoms. The minimum absolute atomic E-state index is 0.288. The van der Waals surface area contributed by atoms with Gasteiger partial charge in [0.15, 0.2) is 0 Å². The third-order valence-corrected chi connectivity index (χ3v) is 2.23. The van der Waals surface area contributed by atoms with Gasteiger partial charge in [-0.3, -0.25) is 0 Å². The number of esters is 1. The van der Waals surface area contributed by atoms with Crippen molar-refractivity contribution in [2.45, 2.75) is 3.79 Å². The van der Waals surface area contributed by atoms with Crippen molar-refractivity contribution >= 4 is 46.8 Å². The summed E-state index contributed by atoms with van der Waals surface area (Å²) in [4.78, 5) is 11.3. The maximum Gasteiger partial charge on any atom is 0.330 e. The number of methoxy groups -OCH3 is 1. The van der Waals surface area contributed by atoms with Crippen LogP contribution < -0.4 is 4.74 Å². The molecule has 0 spiro atoms. The predicted molar refractivity (Wildman–Crippen MR) is 73.3 cm³/mol. The number of carbonyl (C=O) groups excluding carboxylic acids is 1. The molecular formula is C12H11Cl3O3. The van der Waals surface area contributed by atoms with Crippen molar-refractivity contribution in [1.82, 2.24) is 0 Å². The van der Waals surface area contributed by atoms with E-state index in [2.05, 4.69) is 0 Å². The number of rotatable bonds is 4. The van der Waals surface area contributed by atoms with Gasteiger partial charge in [-0.2, -0.15) is 0 Å². The van der Waals surface area contributed by atoms with Crippen LogP contribution in [0.15, 0.2) is 30.3 Å². The molecule has 1 rings (SSSR count). The van der Waals surface area contributed by atoms with Gasteiger partial charge in [-0.05, 0) is 23.8 Å². The Hall–Kier alpha value is -0.900. The molecule has 98 valence electrons. The first-order valence-electron chi connectivity index (χ1n) is 4.96. The zero-order valence-corrected chi connectivity index (χ0v) is 11.8. The van der Waals surface area contributed by atoms with Gasteiger partial charge >= 0.3 is 5.97 Å². The highest BCUT2D eigenvalue weighted by Gasteiger charge is 2.21. The average Bonchev–Trinajstić information content (AvgIpc) is 2.33. The fourth-order valence-corrected chi connectivity index (χ4v) is 1.24. The second-order valence-corrected chi connectivity index (χ2v) is 5.85. The van der Waals surface area contributed by atoms with Gasteiger partial charge in [-0.1, -0.05) is 46.9 Å². The van der Waals surface area contributed by atoms with Crippen LogP contribution in [0.1, 0.15) is 5.56 Å². The van der Waals surface area contributed by atoms with Crippen LogP contribution in [0, 0.1) is 0 Å². The lowest BCUT2D eigenvalue weighted by atomic mass is 10.2. The first kappa shape index (κ1) is 15.2. The maximum atomic E-state index is 11.3. The molecular weight excluding hydrogens is 298 g/mol. The topological polar surface area (TPSA) is 35.5 Å². The Morgan fingerprint density at radius 2 is 1.89 bits per heavy atom. The molecule has 6 heteroatoms. The van der Waals surface area contributed by atoms with Crippen LogP contribution in [0.3, 0.4) is 0 Å². The fourth-order valence-electron chi connectivity index (χ4n) is 1.08. The highest BCUT2D eigenvalue weighted by molar-refractivity contribution is 6.67. The predicted octanol–water partition coefficient (Wildman–Crippen LogP) is 3.62. The molecule has 0 radical (unpaired) electrons. The number of hydrogen-bond donors (Lipinski definition) is 0. The van der Waals surface area contributed by atoms with Gasteiger partial charge in [0.25, 0.3) is 0 Å². The number of carbonyl (C=O) groups is 1. The van der Waals surface area contributed by atoms with E-state index >= 15 is 0 Å². The highest BCUT2D eigenvalue weighted by Crippen LogP contribution is 2.25. The average molecular weight is 310 g/mol. The molecule has 0 aromatic heterocycles. The summed E-state index contributed by atoms with van der Waals surface area (Å²) in [5, 5.41) is 0. The minimum Gasteiger partial charge on any atom is -0.497 e. The third kappa shape index (κ3) is 6.15. The van der Waals surface area contributed by atoms with Gasteiger partial charge < -0.3 is 9.47 Å². The van der Waals surface area contributed by atoms with Crippen molar-refractivity contribution in [3.05, 3.63) is 35.9 Å². The van der Waals surface area contributed by atoms with Gasteiger partial charge in [0.2, 0.25) is 3.79 Å². The second kappa shape index (κ2) is 6.88. The van der Waals surface area contributed by atoms with Crippen molar-refractivity contribution in [3.63, 3.8) is 0 Å². The van der Waals surface area contributed by atoms with E-state index in [1.807, 2.05) is 0 Å². The maximum absolute atomic E-state index is 11.3. The summed E-state index contributed by atoms with van der Waals surface area (Å²) in [6.07, 6.45) is 2.86. The molecule has 0 aliphatic heterocycles. The number of alkyl halides is 3. The van der Waals surface area contributed by atoms with Crippen LogP contribution in [0.4, 0.5) is 0 Å². The van der Waals surface area contributed by atoms with Crippen molar-refractivity contribution in [2.75, 3.05) is 13.7 Å². The summed E-state index contributed by atoms with van der Waals surface area (Å²) in [6, 6.07) is 7.17. The van der Waals surface area contributed by atoms with Crippen LogP contribution in [0.5, 0.6) is 5.75 Å². The molecule has 0 atom stereocenters. The second-order valence-electron chi connectivity index (χ2n) is 3.33. The third-order valence-electron chi connectivity index (χ3n) is 1.91. The van der Waals surface area contributed by atoms with E-state index < -0.39 is 9.76 Å². The van der Waals surface area contributed by atoms with Gasteiger partial charge in [0, 0.05) is 6.08 Å². The molecule has 3 nitrogen and oxygen atoms in total. The van der Waals surface area contributed by atoms with Gasteiger partial charge in [-0.15, -0.1) is 0 Å². The quantitative estimate of drug-likeness (QED) is 0.484. The Morgan fingerprint density at radius 3 is 2.39 bits per heavy atom. The van der Waals surface area contributed by atoms with Crippen LogP contribution in [-0.2, 0) is 9.53 Å². The van der Waals surface area contributed by atoms with Crippen LogP contribution in [0.25, 0.3) is 6.08 Å². The van der Waals surface area contributed by atoms with E-state index in [9.17, 15) is 4.79 Å². The molecule has 1 aromatic carbocycles. The monoisotopic (exact) mass is 308 g/mol. The van der Waals surface area contributed by atoms with Gasteiger partial charge in [-0.25, -0.2) is 4.79 Å². The molecule has 0 fully saturated rings. The van der Waals surface area contributed by atoms with Crippen LogP contribution in [0.2, 0.25) is 0 Å². The number of ether oxygens (including phenoxy) is 2. The number of benzene rings is 1. The standard InChI is InChI=1S/C12H11Cl3O3/c1-17-10-5-2-9(3-6-10)4-7-11(16)18-8-12(13,14)15/h2-7H,8H2,1H3/b7-4+. The first-order valence-corrected chi connectivity index (χ1v) is 6.10. The van der Waals surface area contributed by atoms with Crippen LogP contribution in [-0.4, -0.2) is 23.5 Å². The number of hydrogen-bond acceptors (Lipinski definition) is 3. The summed E-state index contributed by atoms with van der Waals surface area (Å²) < 4.78 is 8.14. The Morgan fingerprint density at radius 1 is 1.28 bits per heavy atom. The zero-order valence-electron chi connectivity index (χ0n) is 9.53. The van der Waals surface area contributed by atoms with E-state index in [1.54, 1.807) is 37.5 Å². The molecule has 0 heterocycles. The molecule has 0 aliphatic rings. The molecule has 0 saturated carbocycles. The van der Waals surface area contributed by atoms with Crippen molar-refractivity contribution in [1.29, 1.82) is 0 Å². The smallest absolute Gasteiger partial charge is 0.330 e. The fraction of sp³-hybridized carbons (Fsp3) is 0.250.